The molecule has 5 nitrogen and oxygen atoms in total. The third kappa shape index (κ3) is 5.67. The summed E-state index contributed by atoms with van der Waals surface area (Å²) in [6.45, 7) is 1.85. The molecule has 0 fully saturated rings. The molecule has 1 aromatic rings. The molecule has 0 heterocycles. The van der Waals surface area contributed by atoms with E-state index in [-0.39, 0.29) is 0 Å². The molecule has 6 heteroatoms. The van der Waals surface area contributed by atoms with E-state index in [0.717, 1.165) is 10.0 Å². The lowest BCUT2D eigenvalue weighted by molar-refractivity contribution is 0.203. The lowest BCUT2D eigenvalue weighted by Crippen LogP contribution is -2.42. The first-order valence-corrected chi connectivity index (χ1v) is 6.04. The molecule has 0 atom stereocenters. The summed E-state index contributed by atoms with van der Waals surface area (Å²) in [5.74, 6) is 5.91. The molecule has 0 unspecified atom stereocenters. The lowest BCUT2D eigenvalue weighted by atomic mass is 10.2. The van der Waals surface area contributed by atoms with E-state index in [2.05, 4.69) is 31.7 Å². The van der Waals surface area contributed by atoms with Gasteiger partial charge in [0, 0.05) is 18.1 Å². The van der Waals surface area contributed by atoms with Gasteiger partial charge >= 0.3 is 0 Å². The molecule has 0 saturated heterocycles. The largest absolute Gasteiger partial charge is 0.383 e. The fourth-order valence-corrected chi connectivity index (χ4v) is 1.45. The van der Waals surface area contributed by atoms with E-state index in [9.17, 15) is 0 Å². The van der Waals surface area contributed by atoms with Crippen LogP contribution in [0.2, 0.25) is 0 Å². The number of ether oxygens (including phenoxy) is 1. The van der Waals surface area contributed by atoms with Crippen molar-refractivity contribution in [2.75, 3.05) is 20.3 Å². The maximum Gasteiger partial charge on any atom is 0.206 e. The molecule has 0 saturated carbocycles. The fourth-order valence-electron chi connectivity index (χ4n) is 1.18. The molecule has 0 bridgehead atoms. The summed E-state index contributed by atoms with van der Waals surface area (Å²) < 4.78 is 5.98. The zero-order valence-corrected chi connectivity index (χ0v) is 11.3. The third-order valence-electron chi connectivity index (χ3n) is 2.07. The summed E-state index contributed by atoms with van der Waals surface area (Å²) in [4.78, 5) is 4.31. The van der Waals surface area contributed by atoms with Crippen LogP contribution >= 0.6 is 15.9 Å². The van der Waals surface area contributed by atoms with Gasteiger partial charge in [0.25, 0.3) is 0 Å². The first kappa shape index (κ1) is 14.0. The summed E-state index contributed by atoms with van der Waals surface area (Å²) in [7, 11) is 1.65. The van der Waals surface area contributed by atoms with Gasteiger partial charge < -0.3 is 10.1 Å². The van der Waals surface area contributed by atoms with Crippen LogP contribution in [0.4, 0.5) is 0 Å². The van der Waals surface area contributed by atoms with Crippen LogP contribution in [0.5, 0.6) is 0 Å². The van der Waals surface area contributed by atoms with Gasteiger partial charge in [0.1, 0.15) is 0 Å². The van der Waals surface area contributed by atoms with Crippen LogP contribution in [0.3, 0.4) is 0 Å². The smallest absolute Gasteiger partial charge is 0.206 e. The molecule has 94 valence electrons. The van der Waals surface area contributed by atoms with Crippen LogP contribution in [-0.4, -0.2) is 26.2 Å². The number of rotatable bonds is 5. The molecule has 0 aromatic heterocycles. The van der Waals surface area contributed by atoms with Crippen molar-refractivity contribution < 1.29 is 4.74 Å². The van der Waals surface area contributed by atoms with E-state index in [0.29, 0.717) is 25.7 Å². The minimum Gasteiger partial charge on any atom is -0.383 e. The third-order valence-corrected chi connectivity index (χ3v) is 2.60. The van der Waals surface area contributed by atoms with Crippen LogP contribution in [-0.2, 0) is 11.3 Å². The highest BCUT2D eigenvalue weighted by atomic mass is 79.9. The van der Waals surface area contributed by atoms with Gasteiger partial charge in [0.15, 0.2) is 0 Å². The monoisotopic (exact) mass is 300 g/mol. The zero-order chi connectivity index (χ0) is 12.5. The minimum atomic E-state index is 0.560. The Hall–Kier alpha value is -1.11. The second kappa shape index (κ2) is 8.05. The second-order valence-corrected chi connectivity index (χ2v) is 4.27. The van der Waals surface area contributed by atoms with E-state index in [1.807, 2.05) is 24.3 Å². The van der Waals surface area contributed by atoms with Crippen LogP contribution in [0.1, 0.15) is 5.56 Å². The predicted octanol–water partition coefficient (Wildman–Crippen LogP) is 1.00. The first-order valence-electron chi connectivity index (χ1n) is 5.24. The van der Waals surface area contributed by atoms with Crippen molar-refractivity contribution in [1.82, 2.24) is 10.7 Å². The number of aliphatic imine (C=N–C) groups is 1. The van der Waals surface area contributed by atoms with Crippen molar-refractivity contribution in [3.05, 3.63) is 34.3 Å². The van der Waals surface area contributed by atoms with E-state index in [1.165, 1.54) is 0 Å². The summed E-state index contributed by atoms with van der Waals surface area (Å²) in [6, 6.07) is 7.99. The Balaban J connectivity index is 2.46. The number of halogens is 1. The molecule has 17 heavy (non-hydrogen) atoms. The number of hydrogen-bond donors (Lipinski definition) is 3. The number of nitrogens with two attached hydrogens (primary N) is 1. The van der Waals surface area contributed by atoms with Gasteiger partial charge in [-0.05, 0) is 17.7 Å². The van der Waals surface area contributed by atoms with Gasteiger partial charge in [-0.2, -0.15) is 0 Å². The zero-order valence-electron chi connectivity index (χ0n) is 9.74. The average Bonchev–Trinajstić information content (AvgIpc) is 2.35. The standard InChI is InChI=1S/C11H17BrN4O/c1-17-7-6-14-11(16-13)15-8-9-2-4-10(12)5-3-9/h2-5H,6-8,13H2,1H3,(H2,14,15,16). The van der Waals surface area contributed by atoms with E-state index >= 15 is 0 Å². The summed E-state index contributed by atoms with van der Waals surface area (Å²) in [5.41, 5.74) is 3.64. The Kier molecular flexibility index (Phi) is 6.61. The average molecular weight is 301 g/mol. The SMILES string of the molecule is COCCNC(=NCc1ccc(Br)cc1)NN. The van der Waals surface area contributed by atoms with Gasteiger partial charge in [-0.1, -0.05) is 28.1 Å². The van der Waals surface area contributed by atoms with Gasteiger partial charge in [-0.25, -0.2) is 10.8 Å². The van der Waals surface area contributed by atoms with Crippen molar-refractivity contribution in [3.8, 4) is 0 Å². The molecular formula is C11H17BrN4O. The lowest BCUT2D eigenvalue weighted by Gasteiger charge is -2.08. The topological polar surface area (TPSA) is 71.7 Å². The number of guanidine groups is 1. The Bertz CT molecular complexity index is 353. The van der Waals surface area contributed by atoms with Crippen molar-refractivity contribution in [3.63, 3.8) is 0 Å². The predicted molar refractivity (Wildman–Crippen MR) is 72.5 cm³/mol. The molecule has 1 rings (SSSR count). The molecule has 0 spiro atoms. The van der Waals surface area contributed by atoms with Crippen molar-refractivity contribution in [2.45, 2.75) is 6.54 Å². The Labute approximate surface area is 110 Å². The highest BCUT2D eigenvalue weighted by molar-refractivity contribution is 9.10. The molecule has 1 aromatic carbocycles. The highest BCUT2D eigenvalue weighted by Crippen LogP contribution is 2.10. The van der Waals surface area contributed by atoms with Crippen LogP contribution < -0.4 is 16.6 Å². The Morgan fingerprint density at radius 2 is 2.12 bits per heavy atom. The summed E-state index contributed by atoms with van der Waals surface area (Å²) >= 11 is 3.39. The molecule has 0 aliphatic carbocycles. The maximum absolute atomic E-state index is 5.35. The molecule has 0 aliphatic heterocycles. The Morgan fingerprint density at radius 1 is 1.41 bits per heavy atom. The van der Waals surface area contributed by atoms with Crippen molar-refractivity contribution in [2.24, 2.45) is 10.8 Å². The normalized spacial score (nSPS) is 11.4. The van der Waals surface area contributed by atoms with E-state index in [1.54, 1.807) is 7.11 Å². The molecular weight excluding hydrogens is 284 g/mol. The molecule has 0 aliphatic rings. The van der Waals surface area contributed by atoms with Gasteiger partial charge in [-0.15, -0.1) is 0 Å². The van der Waals surface area contributed by atoms with Crippen LogP contribution in [0.25, 0.3) is 0 Å². The minimum absolute atomic E-state index is 0.560. The first-order chi connectivity index (χ1) is 8.26. The van der Waals surface area contributed by atoms with E-state index in [4.69, 9.17) is 10.6 Å². The number of hydrogen-bond acceptors (Lipinski definition) is 3. The van der Waals surface area contributed by atoms with Crippen LogP contribution in [0.15, 0.2) is 33.7 Å². The number of hydrazine groups is 1. The molecule has 0 amide bonds. The number of nitrogens with zero attached hydrogens (tertiary/aromatic N) is 1. The molecule has 0 radical (unpaired) electrons. The second-order valence-electron chi connectivity index (χ2n) is 3.36. The van der Waals surface area contributed by atoms with Gasteiger partial charge in [0.05, 0.1) is 13.2 Å². The Morgan fingerprint density at radius 3 is 2.71 bits per heavy atom. The van der Waals surface area contributed by atoms with Crippen molar-refractivity contribution >= 4 is 21.9 Å². The highest BCUT2D eigenvalue weighted by Gasteiger charge is 1.96. The van der Waals surface area contributed by atoms with Crippen LogP contribution in [0, 0.1) is 0 Å². The quantitative estimate of drug-likeness (QED) is 0.249. The maximum atomic E-state index is 5.35. The van der Waals surface area contributed by atoms with Gasteiger partial charge in [-0.3, -0.25) is 5.43 Å². The fraction of sp³-hybridized carbons (Fsp3) is 0.364. The van der Waals surface area contributed by atoms with E-state index < -0.39 is 0 Å². The number of nitrogens with one attached hydrogen (secondary N) is 2. The van der Waals surface area contributed by atoms with Crippen molar-refractivity contribution in [1.29, 1.82) is 0 Å². The number of benzene rings is 1. The van der Waals surface area contributed by atoms with Gasteiger partial charge in [0.2, 0.25) is 5.96 Å². The number of methoxy groups -OCH3 is 1. The summed E-state index contributed by atoms with van der Waals surface area (Å²) in [5, 5.41) is 3.03. The molecule has 4 N–H and O–H groups in total. The summed E-state index contributed by atoms with van der Waals surface area (Å²) in [6.07, 6.45) is 0.